The van der Waals surface area contributed by atoms with Gasteiger partial charge in [0.15, 0.2) is 5.82 Å². The smallest absolute Gasteiger partial charge is 0.255 e. The number of β-amino-alcohol motifs (C(OH)–C–C–N with tert-alkyl or cyclic N) is 1. The first-order valence-electron chi connectivity index (χ1n) is 12.9. The van der Waals surface area contributed by atoms with Gasteiger partial charge in [0.2, 0.25) is 5.62 Å². The second-order valence-corrected chi connectivity index (χ2v) is 10.6. The topological polar surface area (TPSA) is 122 Å². The molecule has 0 radical (unpaired) electrons. The molecule has 0 spiro atoms. The summed E-state index contributed by atoms with van der Waals surface area (Å²) in [5, 5.41) is 22.1. The number of pyridine rings is 1. The zero-order valence-electron chi connectivity index (χ0n) is 21.0. The highest BCUT2D eigenvalue weighted by Crippen LogP contribution is 2.45. The largest absolute Gasteiger partial charge is 0.386 e. The van der Waals surface area contributed by atoms with Gasteiger partial charge in [-0.05, 0) is 56.2 Å². The highest BCUT2D eigenvalue weighted by Gasteiger charge is 2.52. The molecule has 6 rings (SSSR count). The fourth-order valence-corrected chi connectivity index (χ4v) is 5.37. The van der Waals surface area contributed by atoms with Crippen molar-refractivity contribution in [1.82, 2.24) is 19.5 Å². The number of anilines is 2. The van der Waals surface area contributed by atoms with Gasteiger partial charge < -0.3 is 20.2 Å². The SMILES string of the molecule is CN(CCCCC1Nc2c3cc(F)cc(F)c3nc(=N)n2N1)C(=O)c1ccc(N2CC(O)(C3CC3)C2)nc1. The van der Waals surface area contributed by atoms with E-state index in [1.165, 1.54) is 10.7 Å². The van der Waals surface area contributed by atoms with Gasteiger partial charge in [-0.25, -0.2) is 23.4 Å². The van der Waals surface area contributed by atoms with Crippen LogP contribution < -0.4 is 21.3 Å². The Hall–Kier alpha value is -3.80. The van der Waals surface area contributed by atoms with Gasteiger partial charge in [-0.15, -0.1) is 0 Å². The van der Waals surface area contributed by atoms with E-state index >= 15 is 0 Å². The Morgan fingerprint density at radius 3 is 2.76 bits per heavy atom. The molecular formula is C26H30F2N8O2. The molecule has 0 bridgehead atoms. The minimum atomic E-state index is -0.805. The van der Waals surface area contributed by atoms with Crippen molar-refractivity contribution >= 4 is 28.4 Å². The van der Waals surface area contributed by atoms with E-state index in [0.29, 0.717) is 43.4 Å². The molecule has 2 fully saturated rings. The van der Waals surface area contributed by atoms with Gasteiger partial charge in [0.05, 0.1) is 18.7 Å². The molecule has 1 saturated carbocycles. The number of carbonyl (C=O) groups excluding carboxylic acids is 1. The fourth-order valence-electron chi connectivity index (χ4n) is 5.37. The summed E-state index contributed by atoms with van der Waals surface area (Å²) in [5.41, 5.74) is 2.82. The average molecular weight is 525 g/mol. The lowest BCUT2D eigenvalue weighted by atomic mass is 9.89. The normalized spacial score (nSPS) is 19.5. The predicted molar refractivity (Wildman–Crippen MR) is 137 cm³/mol. The van der Waals surface area contributed by atoms with Crippen LogP contribution in [0.25, 0.3) is 10.9 Å². The molecule has 10 nitrogen and oxygen atoms in total. The maximum atomic E-state index is 14.1. The molecule has 200 valence electrons. The minimum absolute atomic E-state index is 0.0510. The Morgan fingerprint density at radius 1 is 1.26 bits per heavy atom. The average Bonchev–Trinajstić information content (AvgIpc) is 3.64. The maximum absolute atomic E-state index is 14.1. The summed E-state index contributed by atoms with van der Waals surface area (Å²) in [7, 11) is 1.76. The molecule has 12 heteroatoms. The van der Waals surface area contributed by atoms with Crippen molar-refractivity contribution in [3.63, 3.8) is 0 Å². The van der Waals surface area contributed by atoms with Crippen molar-refractivity contribution in [2.75, 3.05) is 42.3 Å². The molecule has 1 aliphatic carbocycles. The van der Waals surface area contributed by atoms with Crippen molar-refractivity contribution in [3.05, 3.63) is 53.3 Å². The molecule has 3 aromatic rings. The Kier molecular flexibility index (Phi) is 5.93. The summed E-state index contributed by atoms with van der Waals surface area (Å²) in [5.74, 6) is -0.0230. The van der Waals surface area contributed by atoms with E-state index in [0.717, 1.165) is 37.6 Å². The number of fused-ring (bicyclic) bond motifs is 3. The van der Waals surface area contributed by atoms with Gasteiger partial charge in [0.25, 0.3) is 5.91 Å². The van der Waals surface area contributed by atoms with E-state index < -0.39 is 17.2 Å². The number of nitrogens with zero attached hydrogens (tertiary/aromatic N) is 5. The Morgan fingerprint density at radius 2 is 2.05 bits per heavy atom. The first kappa shape index (κ1) is 24.5. The second kappa shape index (κ2) is 9.19. The zero-order valence-corrected chi connectivity index (χ0v) is 21.0. The number of benzene rings is 1. The van der Waals surface area contributed by atoms with Gasteiger partial charge in [-0.3, -0.25) is 15.6 Å². The number of aliphatic hydroxyl groups is 1. The van der Waals surface area contributed by atoms with E-state index in [1.807, 2.05) is 11.0 Å². The molecule has 2 aliphatic heterocycles. The van der Waals surface area contributed by atoms with Gasteiger partial charge in [-0.2, -0.15) is 0 Å². The fraction of sp³-hybridized carbons (Fsp3) is 0.462. The summed E-state index contributed by atoms with van der Waals surface area (Å²) < 4.78 is 29.3. The van der Waals surface area contributed by atoms with E-state index in [9.17, 15) is 18.7 Å². The van der Waals surface area contributed by atoms with Crippen LogP contribution in [0, 0.1) is 23.0 Å². The monoisotopic (exact) mass is 524 g/mol. The number of halogens is 2. The predicted octanol–water partition coefficient (Wildman–Crippen LogP) is 2.39. The number of hydrogen-bond acceptors (Lipinski definition) is 8. The van der Waals surface area contributed by atoms with Gasteiger partial charge in [0, 0.05) is 31.2 Å². The molecule has 1 unspecified atom stereocenters. The minimum Gasteiger partial charge on any atom is -0.386 e. The van der Waals surface area contributed by atoms with Crippen molar-refractivity contribution in [2.45, 2.75) is 43.9 Å². The van der Waals surface area contributed by atoms with Crippen LogP contribution in [-0.4, -0.2) is 69.0 Å². The summed E-state index contributed by atoms with van der Waals surface area (Å²) in [6.07, 6.45) is 5.73. The van der Waals surface area contributed by atoms with Crippen LogP contribution >= 0.6 is 0 Å². The molecule has 1 atom stereocenters. The molecule has 4 N–H and O–H groups in total. The van der Waals surface area contributed by atoms with E-state index in [-0.39, 0.29) is 28.6 Å². The van der Waals surface area contributed by atoms with Gasteiger partial charge >= 0.3 is 0 Å². The third-order valence-corrected chi connectivity index (χ3v) is 7.70. The molecule has 2 aromatic heterocycles. The van der Waals surface area contributed by atoms with Crippen molar-refractivity contribution < 1.29 is 18.7 Å². The zero-order chi connectivity index (χ0) is 26.6. The lowest BCUT2D eigenvalue weighted by Crippen LogP contribution is -2.63. The Labute approximate surface area is 217 Å². The van der Waals surface area contributed by atoms with Crippen LogP contribution in [0.2, 0.25) is 0 Å². The molecule has 3 aliphatic rings. The van der Waals surface area contributed by atoms with Crippen LogP contribution in [0.4, 0.5) is 20.4 Å². The number of nitrogens with one attached hydrogen (secondary N) is 3. The standard InChI is InChI=1S/C26H30F2N8O2/c1-34(24(37)15-5-8-21(30-12-15)35-13-26(38,14-35)16-6-7-16)9-3-2-4-20-31-23-18-10-17(27)11-19(28)22(18)32-25(29)36(23)33-20/h5,8,10-12,16,20,29,31,33,38H,2-4,6-7,9,13-14H2,1H3. The summed E-state index contributed by atoms with van der Waals surface area (Å²) in [6, 6.07) is 5.57. The van der Waals surface area contributed by atoms with Crippen molar-refractivity contribution in [2.24, 2.45) is 5.92 Å². The number of aromatic nitrogens is 3. The van der Waals surface area contributed by atoms with Crippen LogP contribution in [-0.2, 0) is 0 Å². The summed E-state index contributed by atoms with van der Waals surface area (Å²) >= 11 is 0. The molecule has 1 saturated heterocycles. The molecule has 1 aromatic carbocycles. The van der Waals surface area contributed by atoms with Crippen LogP contribution in [0.15, 0.2) is 30.5 Å². The lowest BCUT2D eigenvalue weighted by molar-refractivity contribution is -0.00974. The maximum Gasteiger partial charge on any atom is 0.255 e. The Balaban J connectivity index is 0.986. The van der Waals surface area contributed by atoms with E-state index in [2.05, 4.69) is 20.7 Å². The number of amides is 1. The van der Waals surface area contributed by atoms with E-state index in [4.69, 9.17) is 5.41 Å². The molecule has 38 heavy (non-hydrogen) atoms. The molecule has 1 amide bonds. The van der Waals surface area contributed by atoms with Crippen molar-refractivity contribution in [3.8, 4) is 0 Å². The molecule has 4 heterocycles. The van der Waals surface area contributed by atoms with Crippen LogP contribution in [0.1, 0.15) is 42.5 Å². The van der Waals surface area contributed by atoms with Crippen molar-refractivity contribution in [1.29, 1.82) is 5.41 Å². The summed E-state index contributed by atoms with van der Waals surface area (Å²) in [6.45, 7) is 1.74. The number of carbonyl (C=O) groups is 1. The van der Waals surface area contributed by atoms with E-state index in [1.54, 1.807) is 24.2 Å². The molecular weight excluding hydrogens is 494 g/mol. The quantitative estimate of drug-likeness (QED) is 0.334. The first-order valence-corrected chi connectivity index (χ1v) is 12.9. The van der Waals surface area contributed by atoms with Crippen LogP contribution in [0.3, 0.4) is 0 Å². The first-order chi connectivity index (χ1) is 18.2. The third-order valence-electron chi connectivity index (χ3n) is 7.70. The second-order valence-electron chi connectivity index (χ2n) is 10.6. The number of rotatable bonds is 8. The van der Waals surface area contributed by atoms with Gasteiger partial charge in [-0.1, -0.05) is 0 Å². The highest BCUT2D eigenvalue weighted by molar-refractivity contribution is 5.94. The number of hydrogen-bond donors (Lipinski definition) is 4. The lowest BCUT2D eigenvalue weighted by Gasteiger charge is -2.47. The van der Waals surface area contributed by atoms with Crippen LogP contribution in [0.5, 0.6) is 0 Å². The number of unbranched alkanes of at least 4 members (excludes halogenated alkanes) is 1. The highest BCUT2D eigenvalue weighted by atomic mass is 19.1. The Bertz CT molecular complexity index is 1450. The third kappa shape index (κ3) is 4.42. The van der Waals surface area contributed by atoms with Gasteiger partial charge in [0.1, 0.15) is 34.7 Å². The summed E-state index contributed by atoms with van der Waals surface area (Å²) in [4.78, 5) is 24.9.